The molecule has 0 aliphatic heterocycles. The van der Waals surface area contributed by atoms with Crippen LogP contribution in [0.1, 0.15) is 5.56 Å². The topological polar surface area (TPSA) is 47.0 Å². The van der Waals surface area contributed by atoms with E-state index in [9.17, 15) is 0 Å². The number of ether oxygens (including phenoxy) is 1. The SMILES string of the molecule is COc1cc(NCc2cccc3cccnc23)ccn1. The summed E-state index contributed by atoms with van der Waals surface area (Å²) in [6.07, 6.45) is 3.55. The van der Waals surface area contributed by atoms with E-state index in [0.29, 0.717) is 12.4 Å². The van der Waals surface area contributed by atoms with Gasteiger partial charge in [0, 0.05) is 36.1 Å². The van der Waals surface area contributed by atoms with Gasteiger partial charge in [-0.2, -0.15) is 0 Å². The molecule has 0 aliphatic rings. The van der Waals surface area contributed by atoms with Crippen LogP contribution in [0.4, 0.5) is 5.69 Å². The molecule has 0 radical (unpaired) electrons. The Morgan fingerprint density at radius 3 is 2.85 bits per heavy atom. The van der Waals surface area contributed by atoms with Gasteiger partial charge in [-0.15, -0.1) is 0 Å². The Morgan fingerprint density at radius 2 is 1.95 bits per heavy atom. The Bertz CT molecular complexity index is 722. The summed E-state index contributed by atoms with van der Waals surface area (Å²) >= 11 is 0. The summed E-state index contributed by atoms with van der Waals surface area (Å²) in [5.74, 6) is 0.603. The molecule has 0 saturated carbocycles. The number of benzene rings is 1. The third kappa shape index (κ3) is 2.54. The largest absolute Gasteiger partial charge is 0.481 e. The van der Waals surface area contributed by atoms with Crippen LogP contribution in [-0.4, -0.2) is 17.1 Å². The van der Waals surface area contributed by atoms with E-state index in [-0.39, 0.29) is 0 Å². The van der Waals surface area contributed by atoms with E-state index in [4.69, 9.17) is 4.74 Å². The minimum Gasteiger partial charge on any atom is -0.481 e. The summed E-state index contributed by atoms with van der Waals surface area (Å²) in [6.45, 7) is 0.710. The van der Waals surface area contributed by atoms with Crippen molar-refractivity contribution < 1.29 is 4.74 Å². The van der Waals surface area contributed by atoms with Crippen molar-refractivity contribution in [2.45, 2.75) is 6.54 Å². The highest BCUT2D eigenvalue weighted by Crippen LogP contribution is 2.18. The molecule has 0 saturated heterocycles. The van der Waals surface area contributed by atoms with Crippen LogP contribution in [-0.2, 0) is 6.54 Å². The predicted molar refractivity (Wildman–Crippen MR) is 79.9 cm³/mol. The number of hydrogen-bond donors (Lipinski definition) is 1. The molecule has 4 heteroatoms. The first kappa shape index (κ1) is 12.4. The third-order valence-electron chi connectivity index (χ3n) is 3.14. The number of nitrogens with zero attached hydrogens (tertiary/aromatic N) is 2. The van der Waals surface area contributed by atoms with Crippen LogP contribution in [0.5, 0.6) is 5.88 Å². The van der Waals surface area contributed by atoms with Crippen molar-refractivity contribution >= 4 is 16.6 Å². The normalized spacial score (nSPS) is 10.4. The molecule has 2 heterocycles. The van der Waals surface area contributed by atoms with Crippen molar-refractivity contribution in [3.63, 3.8) is 0 Å². The molecule has 3 aromatic rings. The second kappa shape index (κ2) is 5.57. The van der Waals surface area contributed by atoms with Gasteiger partial charge in [0.15, 0.2) is 0 Å². The van der Waals surface area contributed by atoms with Crippen LogP contribution in [0.15, 0.2) is 54.9 Å². The van der Waals surface area contributed by atoms with E-state index in [1.54, 1.807) is 13.3 Å². The summed E-state index contributed by atoms with van der Waals surface area (Å²) in [5.41, 5.74) is 3.17. The van der Waals surface area contributed by atoms with E-state index in [1.165, 1.54) is 5.56 Å². The second-order valence-electron chi connectivity index (χ2n) is 4.43. The summed E-state index contributed by atoms with van der Waals surface area (Å²) in [4.78, 5) is 8.54. The zero-order chi connectivity index (χ0) is 13.8. The molecule has 1 aromatic carbocycles. The van der Waals surface area contributed by atoms with Crippen LogP contribution < -0.4 is 10.1 Å². The highest BCUT2D eigenvalue weighted by atomic mass is 16.5. The molecule has 4 nitrogen and oxygen atoms in total. The average molecular weight is 265 g/mol. The molecule has 0 atom stereocenters. The Kier molecular flexibility index (Phi) is 3.46. The lowest BCUT2D eigenvalue weighted by Gasteiger charge is -2.09. The lowest BCUT2D eigenvalue weighted by atomic mass is 10.1. The third-order valence-corrected chi connectivity index (χ3v) is 3.14. The van der Waals surface area contributed by atoms with Gasteiger partial charge in [0.1, 0.15) is 0 Å². The maximum Gasteiger partial charge on any atom is 0.214 e. The quantitative estimate of drug-likeness (QED) is 0.786. The van der Waals surface area contributed by atoms with Crippen molar-refractivity contribution in [1.82, 2.24) is 9.97 Å². The molecule has 0 amide bonds. The summed E-state index contributed by atoms with van der Waals surface area (Å²) in [7, 11) is 1.61. The lowest BCUT2D eigenvalue weighted by Crippen LogP contribution is -2.01. The fourth-order valence-corrected chi connectivity index (χ4v) is 2.14. The molecule has 0 aliphatic carbocycles. The van der Waals surface area contributed by atoms with Crippen molar-refractivity contribution in [3.05, 3.63) is 60.4 Å². The number of anilines is 1. The molecule has 0 fully saturated rings. The van der Waals surface area contributed by atoms with Crippen molar-refractivity contribution in [2.24, 2.45) is 0 Å². The monoisotopic (exact) mass is 265 g/mol. The summed E-state index contributed by atoms with van der Waals surface area (Å²) < 4.78 is 5.11. The maximum atomic E-state index is 5.11. The number of pyridine rings is 2. The molecular formula is C16H15N3O. The van der Waals surface area contributed by atoms with Gasteiger partial charge < -0.3 is 10.1 Å². The Hall–Kier alpha value is -2.62. The number of fused-ring (bicyclic) bond motifs is 1. The smallest absolute Gasteiger partial charge is 0.214 e. The molecule has 0 spiro atoms. The number of nitrogens with one attached hydrogen (secondary N) is 1. The van der Waals surface area contributed by atoms with Crippen molar-refractivity contribution in [2.75, 3.05) is 12.4 Å². The van der Waals surface area contributed by atoms with Crippen molar-refractivity contribution in [3.8, 4) is 5.88 Å². The van der Waals surface area contributed by atoms with E-state index < -0.39 is 0 Å². The van der Waals surface area contributed by atoms with Crippen LogP contribution in [0.3, 0.4) is 0 Å². The van der Waals surface area contributed by atoms with Crippen molar-refractivity contribution in [1.29, 1.82) is 0 Å². The van der Waals surface area contributed by atoms with E-state index in [2.05, 4.69) is 33.5 Å². The number of methoxy groups -OCH3 is 1. The molecule has 0 unspecified atom stereocenters. The molecule has 100 valence electrons. The first-order chi connectivity index (χ1) is 9.86. The fourth-order valence-electron chi connectivity index (χ4n) is 2.14. The Labute approximate surface area is 117 Å². The Balaban J connectivity index is 1.83. The van der Waals surface area contributed by atoms with Gasteiger partial charge in [0.05, 0.1) is 12.6 Å². The molecule has 3 rings (SSSR count). The molecule has 2 aromatic heterocycles. The standard InChI is InChI=1S/C16H15N3O/c1-20-15-10-14(7-9-17-15)19-11-13-5-2-4-12-6-3-8-18-16(12)13/h2-10H,11H2,1H3,(H,17,19). The molecular weight excluding hydrogens is 250 g/mol. The zero-order valence-electron chi connectivity index (χ0n) is 11.2. The molecule has 1 N–H and O–H groups in total. The van der Waals surface area contributed by atoms with Gasteiger partial charge >= 0.3 is 0 Å². The zero-order valence-corrected chi connectivity index (χ0v) is 11.2. The van der Waals surface area contributed by atoms with E-state index in [1.807, 2.05) is 30.5 Å². The highest BCUT2D eigenvalue weighted by Gasteiger charge is 2.02. The predicted octanol–water partition coefficient (Wildman–Crippen LogP) is 3.25. The van der Waals surface area contributed by atoms with Gasteiger partial charge in [0.2, 0.25) is 5.88 Å². The fraction of sp³-hybridized carbons (Fsp3) is 0.125. The van der Waals surface area contributed by atoms with Gasteiger partial charge in [-0.25, -0.2) is 4.98 Å². The average Bonchev–Trinajstić information content (AvgIpc) is 2.53. The van der Waals surface area contributed by atoms with Crippen LogP contribution >= 0.6 is 0 Å². The number of rotatable bonds is 4. The first-order valence-electron chi connectivity index (χ1n) is 6.43. The minimum atomic E-state index is 0.603. The summed E-state index contributed by atoms with van der Waals surface area (Å²) in [5, 5.41) is 4.52. The Morgan fingerprint density at radius 1 is 1.05 bits per heavy atom. The van der Waals surface area contributed by atoms with Crippen LogP contribution in [0, 0.1) is 0 Å². The van der Waals surface area contributed by atoms with Crippen LogP contribution in [0.25, 0.3) is 10.9 Å². The number of aromatic nitrogens is 2. The second-order valence-corrected chi connectivity index (χ2v) is 4.43. The van der Waals surface area contributed by atoms with Gasteiger partial charge in [-0.3, -0.25) is 4.98 Å². The first-order valence-corrected chi connectivity index (χ1v) is 6.43. The number of hydrogen-bond acceptors (Lipinski definition) is 4. The lowest BCUT2D eigenvalue weighted by molar-refractivity contribution is 0.398. The van der Waals surface area contributed by atoms with E-state index in [0.717, 1.165) is 16.6 Å². The maximum absolute atomic E-state index is 5.11. The molecule has 20 heavy (non-hydrogen) atoms. The van der Waals surface area contributed by atoms with Gasteiger partial charge in [0.25, 0.3) is 0 Å². The van der Waals surface area contributed by atoms with E-state index >= 15 is 0 Å². The molecule has 0 bridgehead atoms. The minimum absolute atomic E-state index is 0.603. The summed E-state index contributed by atoms with van der Waals surface area (Å²) in [6, 6.07) is 14.0. The van der Waals surface area contributed by atoms with Gasteiger partial charge in [-0.1, -0.05) is 24.3 Å². The number of para-hydroxylation sites is 1. The van der Waals surface area contributed by atoms with Crippen LogP contribution in [0.2, 0.25) is 0 Å². The van der Waals surface area contributed by atoms with Gasteiger partial charge in [-0.05, 0) is 17.7 Å². The highest BCUT2D eigenvalue weighted by molar-refractivity contribution is 5.81.